The molecule has 0 amide bonds. The molecule has 42 heavy (non-hydrogen) atoms. The monoisotopic (exact) mass is 561 g/mol. The predicted octanol–water partition coefficient (Wildman–Crippen LogP) is 6.86. The minimum atomic E-state index is -0.706. The summed E-state index contributed by atoms with van der Waals surface area (Å²) < 4.78 is 6.89. The summed E-state index contributed by atoms with van der Waals surface area (Å²) in [4.78, 5) is 33.3. The summed E-state index contributed by atoms with van der Waals surface area (Å²) in [7, 11) is 1.33. The number of methoxy groups -OCH3 is 1. The van der Waals surface area contributed by atoms with E-state index in [-0.39, 0.29) is 5.69 Å². The molecule has 0 atom stereocenters. The molecule has 0 fully saturated rings. The van der Waals surface area contributed by atoms with Gasteiger partial charge in [-0.3, -0.25) is 25.7 Å². The second-order valence-electron chi connectivity index (χ2n) is 9.03. The molecule has 5 aromatic rings. The van der Waals surface area contributed by atoms with Crippen LogP contribution in [-0.2, 0) is 4.74 Å². The van der Waals surface area contributed by atoms with Crippen LogP contribution in [0.4, 0.5) is 17.1 Å². The number of aromatic nitrogens is 1. The average Bonchev–Trinajstić information content (AvgIpc) is 3.41. The number of carbonyl (C=O) groups excluding carboxylic acids is 1. The lowest BCUT2D eigenvalue weighted by Crippen LogP contribution is -2.04. The van der Waals surface area contributed by atoms with Crippen LogP contribution >= 0.6 is 0 Å². The van der Waals surface area contributed by atoms with Crippen molar-refractivity contribution in [3.63, 3.8) is 0 Å². The zero-order chi connectivity index (χ0) is 29.6. The van der Waals surface area contributed by atoms with Gasteiger partial charge in [0.25, 0.3) is 5.69 Å². The number of nitrogens with one attached hydrogen (secondary N) is 1. The van der Waals surface area contributed by atoms with E-state index in [9.17, 15) is 25.0 Å². The van der Waals surface area contributed by atoms with Crippen LogP contribution in [0, 0.1) is 20.2 Å². The van der Waals surface area contributed by atoms with Crippen LogP contribution in [0.3, 0.4) is 0 Å². The van der Waals surface area contributed by atoms with Gasteiger partial charge in [0.05, 0.1) is 46.2 Å². The Hall–Kier alpha value is -6.10. The van der Waals surface area contributed by atoms with E-state index < -0.39 is 27.2 Å². The molecule has 4 aromatic carbocycles. The van der Waals surface area contributed by atoms with E-state index >= 15 is 0 Å². The minimum absolute atomic E-state index is 0.00391. The Balaban J connectivity index is 1.65. The Morgan fingerprint density at radius 1 is 0.833 bits per heavy atom. The van der Waals surface area contributed by atoms with E-state index in [1.54, 1.807) is 18.3 Å². The van der Waals surface area contributed by atoms with Gasteiger partial charge in [-0.25, -0.2) is 4.79 Å². The standard InChI is InChI=1S/C31H23N5O6/c1-42-31(37)23-12-14-25(15-13-23)34-28(21-8-4-2-5-9-21)18-24(30(34)22-10-6-3-7-11-22)20-32-33-27-17-16-26(35(38)39)19-29(27)36(40)41/h2-20,33H,1H3/b32-20+. The maximum Gasteiger partial charge on any atom is 0.337 e. The van der Waals surface area contributed by atoms with Crippen LogP contribution in [0.5, 0.6) is 0 Å². The zero-order valence-corrected chi connectivity index (χ0v) is 22.2. The molecule has 0 spiro atoms. The quantitative estimate of drug-likeness (QED) is 0.0896. The van der Waals surface area contributed by atoms with Gasteiger partial charge in [0, 0.05) is 17.3 Å². The van der Waals surface area contributed by atoms with Crippen molar-refractivity contribution in [2.75, 3.05) is 12.5 Å². The maximum atomic E-state index is 12.1. The Bertz CT molecular complexity index is 1800. The molecule has 0 saturated carbocycles. The summed E-state index contributed by atoms with van der Waals surface area (Å²) in [6.07, 6.45) is 1.54. The second-order valence-corrected chi connectivity index (χ2v) is 9.03. The highest BCUT2D eigenvalue weighted by Crippen LogP contribution is 2.36. The number of non-ortho nitro benzene ring substituents is 1. The van der Waals surface area contributed by atoms with Gasteiger partial charge in [0.2, 0.25) is 0 Å². The molecule has 0 aliphatic heterocycles. The second kappa shape index (κ2) is 12.0. The first kappa shape index (κ1) is 27.5. The van der Waals surface area contributed by atoms with Crippen molar-refractivity contribution in [3.05, 3.63) is 141 Å². The van der Waals surface area contributed by atoms with E-state index in [1.165, 1.54) is 19.2 Å². The first-order valence-corrected chi connectivity index (χ1v) is 12.6. The van der Waals surface area contributed by atoms with E-state index in [4.69, 9.17) is 4.74 Å². The zero-order valence-electron chi connectivity index (χ0n) is 22.2. The molecular weight excluding hydrogens is 538 g/mol. The highest BCUT2D eigenvalue weighted by atomic mass is 16.6. The molecule has 5 rings (SSSR count). The smallest absolute Gasteiger partial charge is 0.337 e. The number of nitro groups is 2. The number of nitro benzene ring substituents is 2. The lowest BCUT2D eigenvalue weighted by molar-refractivity contribution is -0.393. The molecule has 0 unspecified atom stereocenters. The summed E-state index contributed by atoms with van der Waals surface area (Å²) in [5.41, 5.74) is 7.09. The van der Waals surface area contributed by atoms with Crippen LogP contribution in [0.25, 0.3) is 28.2 Å². The SMILES string of the molecule is COC(=O)c1ccc(-n2c(-c3ccccc3)cc(/C=N/Nc3ccc([N+](=O)[O-])cc3[N+](=O)[O-])c2-c2ccccc2)cc1. The molecule has 0 aliphatic rings. The van der Waals surface area contributed by atoms with Crippen molar-refractivity contribution in [1.82, 2.24) is 4.57 Å². The van der Waals surface area contributed by atoms with Crippen LogP contribution in [0.15, 0.2) is 114 Å². The van der Waals surface area contributed by atoms with Crippen molar-refractivity contribution in [2.24, 2.45) is 5.10 Å². The highest BCUT2D eigenvalue weighted by molar-refractivity contribution is 5.94. The van der Waals surface area contributed by atoms with Crippen molar-refractivity contribution in [2.45, 2.75) is 0 Å². The predicted molar refractivity (Wildman–Crippen MR) is 159 cm³/mol. The third-order valence-electron chi connectivity index (χ3n) is 6.47. The topological polar surface area (TPSA) is 142 Å². The lowest BCUT2D eigenvalue weighted by Gasteiger charge is -2.15. The molecule has 11 heteroatoms. The number of hydrazone groups is 1. The van der Waals surface area contributed by atoms with Crippen molar-refractivity contribution >= 4 is 29.2 Å². The minimum Gasteiger partial charge on any atom is -0.465 e. The molecule has 0 radical (unpaired) electrons. The Morgan fingerprint density at radius 2 is 1.48 bits per heavy atom. The normalized spacial score (nSPS) is 10.9. The molecule has 11 nitrogen and oxygen atoms in total. The maximum absolute atomic E-state index is 12.1. The molecule has 0 aliphatic carbocycles. The molecule has 208 valence electrons. The number of carbonyl (C=O) groups is 1. The summed E-state index contributed by atoms with van der Waals surface area (Å²) in [6, 6.07) is 31.6. The van der Waals surface area contributed by atoms with E-state index in [0.29, 0.717) is 11.1 Å². The summed E-state index contributed by atoms with van der Waals surface area (Å²) in [5, 5.41) is 27.0. The fourth-order valence-electron chi connectivity index (χ4n) is 4.52. The lowest BCUT2D eigenvalue weighted by atomic mass is 10.1. The number of hydrogen-bond donors (Lipinski definition) is 1. The van der Waals surface area contributed by atoms with Gasteiger partial charge in [0.15, 0.2) is 0 Å². The molecule has 0 saturated heterocycles. The summed E-state index contributed by atoms with van der Waals surface area (Å²) in [5.74, 6) is -0.445. The van der Waals surface area contributed by atoms with Crippen LogP contribution in [0.2, 0.25) is 0 Å². The van der Waals surface area contributed by atoms with Gasteiger partial charge in [-0.15, -0.1) is 0 Å². The molecule has 1 N–H and O–H groups in total. The first-order valence-electron chi connectivity index (χ1n) is 12.6. The van der Waals surface area contributed by atoms with Crippen LogP contribution < -0.4 is 5.43 Å². The third kappa shape index (κ3) is 5.61. The number of hydrogen-bond acceptors (Lipinski definition) is 8. The largest absolute Gasteiger partial charge is 0.465 e. The average molecular weight is 562 g/mol. The highest BCUT2D eigenvalue weighted by Gasteiger charge is 2.21. The fourth-order valence-corrected chi connectivity index (χ4v) is 4.52. The van der Waals surface area contributed by atoms with Gasteiger partial charge in [-0.05, 0) is 47.5 Å². The summed E-state index contributed by atoms with van der Waals surface area (Å²) in [6.45, 7) is 0. The van der Waals surface area contributed by atoms with E-state index in [1.807, 2.05) is 83.4 Å². The Kier molecular flexibility index (Phi) is 7.82. The van der Waals surface area contributed by atoms with Gasteiger partial charge in [-0.2, -0.15) is 5.10 Å². The Morgan fingerprint density at radius 3 is 2.07 bits per heavy atom. The van der Waals surface area contributed by atoms with Crippen molar-refractivity contribution in [1.29, 1.82) is 0 Å². The molecule has 1 heterocycles. The number of ether oxygens (including phenoxy) is 1. The Labute approximate surface area is 239 Å². The fraction of sp³-hybridized carbons (Fsp3) is 0.0323. The number of benzene rings is 4. The van der Waals surface area contributed by atoms with Gasteiger partial charge in [-0.1, -0.05) is 60.7 Å². The number of anilines is 1. The van der Waals surface area contributed by atoms with Crippen LogP contribution in [0.1, 0.15) is 15.9 Å². The van der Waals surface area contributed by atoms with Gasteiger partial charge >= 0.3 is 11.7 Å². The molecule has 0 bridgehead atoms. The van der Waals surface area contributed by atoms with E-state index in [0.717, 1.165) is 34.3 Å². The van der Waals surface area contributed by atoms with E-state index in [2.05, 4.69) is 10.5 Å². The number of rotatable bonds is 9. The van der Waals surface area contributed by atoms with Gasteiger partial charge < -0.3 is 9.30 Å². The number of esters is 1. The van der Waals surface area contributed by atoms with Crippen molar-refractivity contribution < 1.29 is 19.4 Å². The van der Waals surface area contributed by atoms with Crippen molar-refractivity contribution in [3.8, 4) is 28.2 Å². The third-order valence-corrected chi connectivity index (χ3v) is 6.47. The van der Waals surface area contributed by atoms with Gasteiger partial charge in [0.1, 0.15) is 5.69 Å². The first-order chi connectivity index (χ1) is 20.4. The van der Waals surface area contributed by atoms with Crippen LogP contribution in [-0.4, -0.2) is 33.7 Å². The summed E-state index contributed by atoms with van der Waals surface area (Å²) >= 11 is 0. The molecular formula is C31H23N5O6. The molecule has 1 aromatic heterocycles. The number of nitrogens with zero attached hydrogens (tertiary/aromatic N) is 4.